The molecule has 1 atom stereocenters. The number of Topliss-reactive ketones (excluding diaryl/α,β-unsaturated/α-hetero) is 1. The molecule has 3 heteroatoms. The topological polar surface area (TPSA) is 43.4 Å². The first-order valence-electron chi connectivity index (χ1n) is 5.51. The van der Waals surface area contributed by atoms with Crippen molar-refractivity contribution in [1.82, 2.24) is 0 Å². The van der Waals surface area contributed by atoms with Gasteiger partial charge in [-0.15, -0.1) is 0 Å². The molecule has 0 radical (unpaired) electrons. The van der Waals surface area contributed by atoms with Crippen LogP contribution in [0.4, 0.5) is 0 Å². The Morgan fingerprint density at radius 1 is 1.47 bits per heavy atom. The van der Waals surface area contributed by atoms with Gasteiger partial charge in [-0.25, -0.2) is 0 Å². The first kappa shape index (κ1) is 12.0. The first-order chi connectivity index (χ1) is 7.11. The molecule has 0 N–H and O–H groups in total. The van der Waals surface area contributed by atoms with Crippen molar-refractivity contribution in [3.05, 3.63) is 11.1 Å². The van der Waals surface area contributed by atoms with E-state index in [0.29, 0.717) is 25.9 Å². The van der Waals surface area contributed by atoms with Crippen molar-refractivity contribution in [2.75, 3.05) is 6.61 Å². The van der Waals surface area contributed by atoms with Crippen molar-refractivity contribution < 1.29 is 14.3 Å². The fourth-order valence-corrected chi connectivity index (χ4v) is 2.09. The number of ketones is 1. The Kier molecular flexibility index (Phi) is 4.06. The van der Waals surface area contributed by atoms with E-state index in [9.17, 15) is 9.59 Å². The highest BCUT2D eigenvalue weighted by Gasteiger charge is 2.30. The lowest BCUT2D eigenvalue weighted by atomic mass is 9.82. The molecule has 0 unspecified atom stereocenters. The van der Waals surface area contributed by atoms with Crippen molar-refractivity contribution in [2.45, 2.75) is 40.0 Å². The van der Waals surface area contributed by atoms with Crippen LogP contribution in [0.3, 0.4) is 0 Å². The van der Waals surface area contributed by atoms with Crippen LogP contribution in [0.1, 0.15) is 40.0 Å². The molecule has 1 aliphatic rings. The van der Waals surface area contributed by atoms with Crippen molar-refractivity contribution in [3.8, 4) is 0 Å². The molecule has 84 valence electrons. The third kappa shape index (κ3) is 2.46. The summed E-state index contributed by atoms with van der Waals surface area (Å²) in [7, 11) is 0. The normalized spacial score (nSPS) is 21.8. The van der Waals surface area contributed by atoms with E-state index in [2.05, 4.69) is 0 Å². The average Bonchev–Trinajstić information content (AvgIpc) is 2.18. The van der Waals surface area contributed by atoms with E-state index >= 15 is 0 Å². The van der Waals surface area contributed by atoms with Gasteiger partial charge in [-0.3, -0.25) is 9.59 Å². The largest absolute Gasteiger partial charge is 0.466 e. The Bertz CT molecular complexity index is 302. The number of rotatable bonds is 3. The third-order valence-corrected chi connectivity index (χ3v) is 2.92. The molecule has 1 rings (SSSR count). The minimum Gasteiger partial charge on any atom is -0.466 e. The van der Waals surface area contributed by atoms with E-state index < -0.39 is 0 Å². The molecule has 0 aromatic carbocycles. The van der Waals surface area contributed by atoms with Gasteiger partial charge in [-0.2, -0.15) is 0 Å². The van der Waals surface area contributed by atoms with Gasteiger partial charge in [0.25, 0.3) is 0 Å². The van der Waals surface area contributed by atoms with Gasteiger partial charge >= 0.3 is 5.97 Å². The molecule has 15 heavy (non-hydrogen) atoms. The highest BCUT2D eigenvalue weighted by Crippen LogP contribution is 2.30. The SMILES string of the molecule is CCOC(=O)[C@@H]1CCC(=O)C(CC)=C1C. The van der Waals surface area contributed by atoms with Gasteiger partial charge in [-0.05, 0) is 32.3 Å². The Hall–Kier alpha value is -1.12. The van der Waals surface area contributed by atoms with Crippen LogP contribution >= 0.6 is 0 Å². The summed E-state index contributed by atoms with van der Waals surface area (Å²) in [5.41, 5.74) is 1.73. The second-order valence-electron chi connectivity index (χ2n) is 3.78. The molecule has 0 saturated heterocycles. The summed E-state index contributed by atoms with van der Waals surface area (Å²) < 4.78 is 5.00. The third-order valence-electron chi connectivity index (χ3n) is 2.92. The number of carbonyl (C=O) groups is 2. The second kappa shape index (κ2) is 5.10. The second-order valence-corrected chi connectivity index (χ2v) is 3.78. The molecule has 0 heterocycles. The molecule has 0 aromatic rings. The lowest BCUT2D eigenvalue weighted by molar-refractivity contribution is -0.147. The molecule has 0 saturated carbocycles. The predicted molar refractivity (Wildman–Crippen MR) is 57.4 cm³/mol. The smallest absolute Gasteiger partial charge is 0.313 e. The summed E-state index contributed by atoms with van der Waals surface area (Å²) in [6.45, 7) is 6.02. The van der Waals surface area contributed by atoms with Gasteiger partial charge in [0, 0.05) is 6.42 Å². The average molecular weight is 210 g/mol. The number of ether oxygens (including phenoxy) is 1. The van der Waals surface area contributed by atoms with Gasteiger partial charge in [0.05, 0.1) is 12.5 Å². The maximum Gasteiger partial charge on any atom is 0.313 e. The minimum atomic E-state index is -0.197. The van der Waals surface area contributed by atoms with E-state index in [-0.39, 0.29) is 17.7 Å². The summed E-state index contributed by atoms with van der Waals surface area (Å²) in [5, 5.41) is 0. The zero-order valence-electron chi connectivity index (χ0n) is 9.63. The summed E-state index contributed by atoms with van der Waals surface area (Å²) in [4.78, 5) is 23.2. The van der Waals surface area contributed by atoms with Crippen LogP contribution < -0.4 is 0 Å². The van der Waals surface area contributed by atoms with E-state index in [4.69, 9.17) is 4.74 Å². The molecular weight excluding hydrogens is 192 g/mol. The number of carbonyl (C=O) groups excluding carboxylic acids is 2. The lowest BCUT2D eigenvalue weighted by Gasteiger charge is -2.23. The van der Waals surface area contributed by atoms with Crippen LogP contribution in [0, 0.1) is 5.92 Å². The van der Waals surface area contributed by atoms with Crippen molar-refractivity contribution in [2.24, 2.45) is 5.92 Å². The van der Waals surface area contributed by atoms with Gasteiger partial charge in [0.2, 0.25) is 0 Å². The monoisotopic (exact) mass is 210 g/mol. The van der Waals surface area contributed by atoms with Gasteiger partial charge in [-0.1, -0.05) is 12.5 Å². The van der Waals surface area contributed by atoms with Crippen LogP contribution in [-0.4, -0.2) is 18.4 Å². The number of hydrogen-bond donors (Lipinski definition) is 0. The summed E-state index contributed by atoms with van der Waals surface area (Å²) in [5.74, 6) is -0.193. The van der Waals surface area contributed by atoms with E-state index in [1.165, 1.54) is 0 Å². The molecule has 0 amide bonds. The minimum absolute atomic E-state index is 0.187. The highest BCUT2D eigenvalue weighted by molar-refractivity contribution is 5.98. The van der Waals surface area contributed by atoms with Crippen molar-refractivity contribution >= 4 is 11.8 Å². The Balaban J connectivity index is 2.89. The zero-order chi connectivity index (χ0) is 11.4. The highest BCUT2D eigenvalue weighted by atomic mass is 16.5. The predicted octanol–water partition coefficient (Wildman–Crippen LogP) is 2.26. The Morgan fingerprint density at radius 3 is 2.67 bits per heavy atom. The van der Waals surface area contributed by atoms with Gasteiger partial charge < -0.3 is 4.74 Å². The van der Waals surface area contributed by atoms with Crippen LogP contribution in [0.15, 0.2) is 11.1 Å². The van der Waals surface area contributed by atoms with Crippen molar-refractivity contribution in [1.29, 1.82) is 0 Å². The Morgan fingerprint density at radius 2 is 2.13 bits per heavy atom. The molecule has 3 nitrogen and oxygen atoms in total. The zero-order valence-corrected chi connectivity index (χ0v) is 9.63. The molecular formula is C12H18O3. The standard InChI is InChI=1S/C12H18O3/c1-4-9-8(3)10(6-7-11(9)13)12(14)15-5-2/h10H,4-7H2,1-3H3/t10-/m1/s1. The van der Waals surface area contributed by atoms with Crippen molar-refractivity contribution in [3.63, 3.8) is 0 Å². The number of hydrogen-bond acceptors (Lipinski definition) is 3. The summed E-state index contributed by atoms with van der Waals surface area (Å²) in [6, 6.07) is 0. The van der Waals surface area contributed by atoms with Crippen LogP contribution in [0.5, 0.6) is 0 Å². The first-order valence-corrected chi connectivity index (χ1v) is 5.51. The fraction of sp³-hybridized carbons (Fsp3) is 0.667. The summed E-state index contributed by atoms with van der Waals surface area (Å²) >= 11 is 0. The molecule has 0 aromatic heterocycles. The van der Waals surface area contributed by atoms with Crippen LogP contribution in [-0.2, 0) is 14.3 Å². The lowest BCUT2D eigenvalue weighted by Crippen LogP contribution is -2.26. The molecule has 0 fully saturated rings. The maximum absolute atomic E-state index is 11.6. The quantitative estimate of drug-likeness (QED) is 0.671. The number of esters is 1. The molecule has 0 bridgehead atoms. The van der Waals surface area contributed by atoms with Gasteiger partial charge in [0.15, 0.2) is 5.78 Å². The summed E-state index contributed by atoms with van der Waals surface area (Å²) in [6.07, 6.45) is 1.79. The van der Waals surface area contributed by atoms with Crippen LogP contribution in [0.2, 0.25) is 0 Å². The maximum atomic E-state index is 11.6. The van der Waals surface area contributed by atoms with Gasteiger partial charge in [0.1, 0.15) is 0 Å². The van der Waals surface area contributed by atoms with E-state index in [1.54, 1.807) is 6.92 Å². The van der Waals surface area contributed by atoms with E-state index in [0.717, 1.165) is 11.1 Å². The Labute approximate surface area is 90.5 Å². The fourth-order valence-electron chi connectivity index (χ4n) is 2.09. The van der Waals surface area contributed by atoms with Crippen LogP contribution in [0.25, 0.3) is 0 Å². The molecule has 0 spiro atoms. The molecule has 1 aliphatic carbocycles. The number of allylic oxidation sites excluding steroid dienone is 1. The van der Waals surface area contributed by atoms with E-state index in [1.807, 2.05) is 13.8 Å². The molecule has 0 aliphatic heterocycles.